The Labute approximate surface area is 159 Å². The number of pyridine rings is 2. The number of fused-ring (bicyclic) bond motifs is 4. The van der Waals surface area contributed by atoms with Crippen molar-refractivity contribution in [2.24, 2.45) is 0 Å². The van der Waals surface area contributed by atoms with E-state index in [1.165, 1.54) is 27.2 Å². The summed E-state index contributed by atoms with van der Waals surface area (Å²) in [7, 11) is 0. The van der Waals surface area contributed by atoms with Gasteiger partial charge in [0.05, 0.1) is 5.52 Å². The van der Waals surface area contributed by atoms with Gasteiger partial charge < -0.3 is 15.2 Å². The normalized spacial score (nSPS) is 11.9. The molecular formula is C22H27N5. The number of aromatic nitrogens is 3. The molecule has 0 amide bonds. The van der Waals surface area contributed by atoms with Crippen LogP contribution >= 0.6 is 0 Å². The molecule has 0 bridgehead atoms. The van der Waals surface area contributed by atoms with Crippen LogP contribution in [0.5, 0.6) is 0 Å². The summed E-state index contributed by atoms with van der Waals surface area (Å²) in [5.74, 6) is 0.968. The number of benzene rings is 1. The van der Waals surface area contributed by atoms with Crippen LogP contribution in [0.25, 0.3) is 32.6 Å². The highest BCUT2D eigenvalue weighted by Crippen LogP contribution is 2.34. The fraction of sp³-hybridized carbons (Fsp3) is 0.364. The minimum Gasteiger partial charge on any atom is -0.370 e. The van der Waals surface area contributed by atoms with Gasteiger partial charge in [-0.3, -0.25) is 4.98 Å². The number of H-pyrrole nitrogens is 1. The highest BCUT2D eigenvalue weighted by atomic mass is 15.1. The largest absolute Gasteiger partial charge is 0.370 e. The van der Waals surface area contributed by atoms with Gasteiger partial charge in [0.25, 0.3) is 0 Å². The molecule has 0 saturated carbocycles. The molecule has 0 spiro atoms. The SMILES string of the molecule is CCN(CC)CCCNc1nccc2c(C)c3[nH]c4ccncc4c3cc12. The van der Waals surface area contributed by atoms with Gasteiger partial charge in [-0.1, -0.05) is 13.8 Å². The lowest BCUT2D eigenvalue weighted by Crippen LogP contribution is -2.25. The van der Waals surface area contributed by atoms with Crippen molar-refractivity contribution in [3.63, 3.8) is 0 Å². The monoisotopic (exact) mass is 361 g/mol. The standard InChI is InChI=1S/C22H27N5/c1-4-27(5-2)12-6-9-24-22-18-13-17-19-14-23-10-8-20(19)26-21(17)15(3)16(18)7-11-25-22/h7-8,10-11,13-14,26H,4-6,9,12H2,1-3H3,(H,24,25). The van der Waals surface area contributed by atoms with Crippen LogP contribution < -0.4 is 5.32 Å². The van der Waals surface area contributed by atoms with Gasteiger partial charge in [-0.15, -0.1) is 0 Å². The van der Waals surface area contributed by atoms with Crippen LogP contribution in [0.4, 0.5) is 5.82 Å². The van der Waals surface area contributed by atoms with Crippen molar-refractivity contribution in [3.8, 4) is 0 Å². The molecule has 3 aromatic heterocycles. The molecule has 5 nitrogen and oxygen atoms in total. The molecule has 0 fully saturated rings. The average molecular weight is 361 g/mol. The minimum atomic E-state index is 0.926. The van der Waals surface area contributed by atoms with E-state index in [1.807, 2.05) is 24.7 Å². The van der Waals surface area contributed by atoms with E-state index >= 15 is 0 Å². The summed E-state index contributed by atoms with van der Waals surface area (Å²) >= 11 is 0. The molecule has 0 aliphatic rings. The second kappa shape index (κ2) is 7.53. The third-order valence-electron chi connectivity index (χ3n) is 5.54. The minimum absolute atomic E-state index is 0.926. The number of hydrogen-bond donors (Lipinski definition) is 2. The Bertz CT molecular complexity index is 1080. The first-order valence-electron chi connectivity index (χ1n) is 9.82. The summed E-state index contributed by atoms with van der Waals surface area (Å²) in [5, 5.41) is 8.35. The predicted molar refractivity (Wildman–Crippen MR) is 115 cm³/mol. The summed E-state index contributed by atoms with van der Waals surface area (Å²) < 4.78 is 0. The number of hydrogen-bond acceptors (Lipinski definition) is 4. The average Bonchev–Trinajstić information content (AvgIpc) is 3.08. The van der Waals surface area contributed by atoms with E-state index in [2.05, 4.69) is 58.1 Å². The molecule has 0 aliphatic heterocycles. The Hall–Kier alpha value is -2.66. The van der Waals surface area contributed by atoms with E-state index in [-0.39, 0.29) is 0 Å². The van der Waals surface area contributed by atoms with E-state index in [0.717, 1.165) is 49.3 Å². The molecule has 4 rings (SSSR count). The van der Waals surface area contributed by atoms with Crippen LogP contribution in [-0.2, 0) is 0 Å². The van der Waals surface area contributed by atoms with Gasteiger partial charge in [0.1, 0.15) is 5.82 Å². The second-order valence-corrected chi connectivity index (χ2v) is 7.03. The molecule has 5 heteroatoms. The zero-order valence-corrected chi connectivity index (χ0v) is 16.3. The molecule has 140 valence electrons. The van der Waals surface area contributed by atoms with Crippen molar-refractivity contribution < 1.29 is 0 Å². The molecule has 1 aromatic carbocycles. The quantitative estimate of drug-likeness (QED) is 0.468. The van der Waals surface area contributed by atoms with Crippen molar-refractivity contribution in [3.05, 3.63) is 42.4 Å². The lowest BCUT2D eigenvalue weighted by molar-refractivity contribution is 0.303. The Balaban J connectivity index is 1.69. The second-order valence-electron chi connectivity index (χ2n) is 7.03. The summed E-state index contributed by atoms with van der Waals surface area (Å²) in [6, 6.07) is 6.39. The molecule has 2 N–H and O–H groups in total. The van der Waals surface area contributed by atoms with E-state index in [4.69, 9.17) is 0 Å². The van der Waals surface area contributed by atoms with Gasteiger partial charge in [-0.25, -0.2) is 4.98 Å². The van der Waals surface area contributed by atoms with E-state index in [0.29, 0.717) is 0 Å². The number of aromatic amines is 1. The first-order chi connectivity index (χ1) is 13.2. The Morgan fingerprint density at radius 1 is 1.04 bits per heavy atom. The molecule has 0 unspecified atom stereocenters. The molecule has 4 aromatic rings. The lowest BCUT2D eigenvalue weighted by Gasteiger charge is -2.18. The summed E-state index contributed by atoms with van der Waals surface area (Å²) in [6.45, 7) is 10.9. The van der Waals surface area contributed by atoms with Gasteiger partial charge in [0.2, 0.25) is 0 Å². The fourth-order valence-corrected chi connectivity index (χ4v) is 3.92. The number of nitrogens with one attached hydrogen (secondary N) is 2. The molecular weight excluding hydrogens is 334 g/mol. The third-order valence-corrected chi connectivity index (χ3v) is 5.54. The highest BCUT2D eigenvalue weighted by Gasteiger charge is 2.12. The third kappa shape index (κ3) is 3.23. The summed E-state index contributed by atoms with van der Waals surface area (Å²) in [6.07, 6.45) is 6.78. The smallest absolute Gasteiger partial charge is 0.133 e. The van der Waals surface area contributed by atoms with E-state index in [9.17, 15) is 0 Å². The van der Waals surface area contributed by atoms with Crippen LogP contribution in [0.2, 0.25) is 0 Å². The molecule has 0 atom stereocenters. The zero-order chi connectivity index (χ0) is 18.8. The predicted octanol–water partition coefficient (Wildman–Crippen LogP) is 4.72. The molecule has 0 saturated heterocycles. The lowest BCUT2D eigenvalue weighted by atomic mass is 10.0. The van der Waals surface area contributed by atoms with Crippen molar-refractivity contribution in [2.75, 3.05) is 31.5 Å². The maximum Gasteiger partial charge on any atom is 0.133 e. The Kier molecular flexibility index (Phi) is 4.94. The topological polar surface area (TPSA) is 56.8 Å². The van der Waals surface area contributed by atoms with E-state index < -0.39 is 0 Å². The van der Waals surface area contributed by atoms with Gasteiger partial charge in [0.15, 0.2) is 0 Å². The zero-order valence-electron chi connectivity index (χ0n) is 16.3. The van der Waals surface area contributed by atoms with Crippen LogP contribution in [-0.4, -0.2) is 46.0 Å². The van der Waals surface area contributed by atoms with Crippen LogP contribution in [0, 0.1) is 6.92 Å². The summed E-state index contributed by atoms with van der Waals surface area (Å²) in [4.78, 5) is 14.9. The first kappa shape index (κ1) is 17.7. The van der Waals surface area contributed by atoms with Crippen molar-refractivity contribution >= 4 is 38.4 Å². The molecule has 0 radical (unpaired) electrons. The number of nitrogens with zero attached hydrogens (tertiary/aromatic N) is 3. The maximum atomic E-state index is 4.63. The summed E-state index contributed by atoms with van der Waals surface area (Å²) in [5.41, 5.74) is 3.57. The molecule has 27 heavy (non-hydrogen) atoms. The van der Waals surface area contributed by atoms with E-state index in [1.54, 1.807) is 0 Å². The molecule has 3 heterocycles. The van der Waals surface area contributed by atoms with Crippen LogP contribution in [0.1, 0.15) is 25.8 Å². The first-order valence-corrected chi connectivity index (χ1v) is 9.82. The van der Waals surface area contributed by atoms with Gasteiger partial charge in [-0.05, 0) is 62.1 Å². The Morgan fingerprint density at radius 3 is 2.70 bits per heavy atom. The van der Waals surface area contributed by atoms with Crippen LogP contribution in [0.15, 0.2) is 36.8 Å². The number of aryl methyl sites for hydroxylation is 1. The number of anilines is 1. The highest BCUT2D eigenvalue weighted by molar-refractivity contribution is 6.15. The van der Waals surface area contributed by atoms with Crippen LogP contribution in [0.3, 0.4) is 0 Å². The fourth-order valence-electron chi connectivity index (χ4n) is 3.92. The van der Waals surface area contributed by atoms with Crippen molar-refractivity contribution in [2.45, 2.75) is 27.2 Å². The van der Waals surface area contributed by atoms with Crippen molar-refractivity contribution in [1.29, 1.82) is 0 Å². The van der Waals surface area contributed by atoms with Gasteiger partial charge in [-0.2, -0.15) is 0 Å². The van der Waals surface area contributed by atoms with Gasteiger partial charge >= 0.3 is 0 Å². The van der Waals surface area contributed by atoms with Crippen molar-refractivity contribution in [1.82, 2.24) is 19.9 Å². The Morgan fingerprint density at radius 2 is 1.89 bits per heavy atom. The number of rotatable bonds is 7. The molecule has 0 aliphatic carbocycles. The van der Waals surface area contributed by atoms with Gasteiger partial charge in [0, 0.05) is 46.8 Å². The maximum absolute atomic E-state index is 4.63.